The Morgan fingerprint density at radius 3 is 2.63 bits per heavy atom. The van der Waals surface area contributed by atoms with Crippen molar-refractivity contribution < 1.29 is 9.53 Å². The van der Waals surface area contributed by atoms with E-state index in [0.29, 0.717) is 12.2 Å². The van der Waals surface area contributed by atoms with Gasteiger partial charge in [0.2, 0.25) is 0 Å². The Labute approximate surface area is 159 Å². The minimum atomic E-state index is -0.264. The van der Waals surface area contributed by atoms with Gasteiger partial charge in [0.05, 0.1) is 24.1 Å². The number of nitrogens with zero attached hydrogens (tertiary/aromatic N) is 2. The van der Waals surface area contributed by atoms with Gasteiger partial charge in [0.1, 0.15) is 5.75 Å². The first-order valence-corrected chi connectivity index (χ1v) is 9.07. The van der Waals surface area contributed by atoms with Crippen LogP contribution < -0.4 is 10.2 Å². The Morgan fingerprint density at radius 1 is 1.07 bits per heavy atom. The topological polar surface area (TPSA) is 55.6 Å². The van der Waals surface area contributed by atoms with E-state index in [-0.39, 0.29) is 5.91 Å². The fourth-order valence-corrected chi connectivity index (χ4v) is 2.65. The molecule has 27 heavy (non-hydrogen) atoms. The second kappa shape index (κ2) is 9.38. The number of carbonyl (C=O) groups excluding carboxylic acids is 1. The Morgan fingerprint density at radius 2 is 1.81 bits per heavy atom. The fraction of sp³-hybridized carbons (Fsp3) is 0.182. The van der Waals surface area contributed by atoms with Crippen molar-refractivity contribution in [2.75, 3.05) is 6.61 Å². The lowest BCUT2D eigenvalue weighted by Gasteiger charge is -2.09. The van der Waals surface area contributed by atoms with E-state index in [1.807, 2.05) is 71.6 Å². The molecule has 0 radical (unpaired) electrons. The van der Waals surface area contributed by atoms with E-state index < -0.39 is 0 Å². The average Bonchev–Trinajstić information content (AvgIpc) is 3.24. The molecule has 0 aliphatic heterocycles. The molecule has 3 rings (SSSR count). The summed E-state index contributed by atoms with van der Waals surface area (Å²) in [6.07, 6.45) is 7.49. The molecule has 0 saturated carbocycles. The molecule has 0 aliphatic rings. The monoisotopic (exact) mass is 361 g/mol. The number of unbranched alkanes of at least 4 members (excludes halogenated alkanes) is 1. The SMILES string of the molecule is CCCCOc1ccccc1/C=N\NC(=O)c1ccccc1-n1cccc1. The molecule has 1 amide bonds. The number of para-hydroxylation sites is 2. The van der Waals surface area contributed by atoms with Gasteiger partial charge in [0.15, 0.2) is 0 Å². The van der Waals surface area contributed by atoms with E-state index in [1.54, 1.807) is 12.3 Å². The van der Waals surface area contributed by atoms with Gasteiger partial charge in [-0.05, 0) is 42.8 Å². The summed E-state index contributed by atoms with van der Waals surface area (Å²) in [5.74, 6) is 0.497. The second-order valence-electron chi connectivity index (χ2n) is 6.05. The summed E-state index contributed by atoms with van der Waals surface area (Å²) in [6.45, 7) is 2.79. The van der Waals surface area contributed by atoms with E-state index in [9.17, 15) is 4.79 Å². The van der Waals surface area contributed by atoms with Crippen LogP contribution in [0.4, 0.5) is 0 Å². The third-order valence-corrected chi connectivity index (χ3v) is 4.08. The number of aromatic nitrogens is 1. The number of hydrogen-bond donors (Lipinski definition) is 1. The van der Waals surface area contributed by atoms with Gasteiger partial charge in [-0.25, -0.2) is 5.43 Å². The molecule has 2 aromatic carbocycles. The molecule has 1 aromatic heterocycles. The Kier molecular flexibility index (Phi) is 6.41. The summed E-state index contributed by atoms with van der Waals surface area (Å²) < 4.78 is 7.68. The van der Waals surface area contributed by atoms with Gasteiger partial charge in [-0.3, -0.25) is 4.79 Å². The molecule has 0 aliphatic carbocycles. The molecule has 0 fully saturated rings. The highest BCUT2D eigenvalue weighted by molar-refractivity contribution is 5.98. The standard InChI is InChI=1S/C22H23N3O2/c1-2-3-16-27-21-13-7-4-10-18(21)17-23-24-22(26)19-11-5-6-12-20(19)25-14-8-9-15-25/h4-15,17H,2-3,16H2,1H3,(H,24,26)/b23-17-. The van der Waals surface area contributed by atoms with Crippen molar-refractivity contribution >= 4 is 12.1 Å². The summed E-state index contributed by atoms with van der Waals surface area (Å²) in [5.41, 5.74) is 4.79. The summed E-state index contributed by atoms with van der Waals surface area (Å²) >= 11 is 0. The minimum Gasteiger partial charge on any atom is -0.493 e. The van der Waals surface area contributed by atoms with E-state index in [4.69, 9.17) is 4.74 Å². The molecule has 5 heteroatoms. The lowest BCUT2D eigenvalue weighted by atomic mass is 10.1. The van der Waals surface area contributed by atoms with Crippen molar-refractivity contribution in [2.24, 2.45) is 5.10 Å². The van der Waals surface area contributed by atoms with Gasteiger partial charge >= 0.3 is 0 Å². The molecule has 138 valence electrons. The number of hydrazone groups is 1. The summed E-state index contributed by atoms with van der Waals surface area (Å²) in [7, 11) is 0. The van der Waals surface area contributed by atoms with E-state index in [1.165, 1.54) is 0 Å². The van der Waals surface area contributed by atoms with Crippen LogP contribution in [-0.2, 0) is 0 Å². The van der Waals surface area contributed by atoms with Gasteiger partial charge in [-0.1, -0.05) is 37.6 Å². The number of amides is 1. The van der Waals surface area contributed by atoms with E-state index in [0.717, 1.165) is 29.8 Å². The van der Waals surface area contributed by atoms with Gasteiger partial charge in [0, 0.05) is 18.0 Å². The van der Waals surface area contributed by atoms with Crippen LogP contribution in [0.1, 0.15) is 35.7 Å². The van der Waals surface area contributed by atoms with Crippen LogP contribution in [0.5, 0.6) is 5.75 Å². The number of ether oxygens (including phenoxy) is 1. The number of hydrogen-bond acceptors (Lipinski definition) is 3. The van der Waals surface area contributed by atoms with E-state index in [2.05, 4.69) is 17.5 Å². The maximum Gasteiger partial charge on any atom is 0.273 e. The van der Waals surface area contributed by atoms with Crippen molar-refractivity contribution in [3.8, 4) is 11.4 Å². The van der Waals surface area contributed by atoms with Gasteiger partial charge in [-0.2, -0.15) is 5.10 Å². The molecule has 0 spiro atoms. The molecule has 5 nitrogen and oxygen atoms in total. The van der Waals surface area contributed by atoms with Crippen molar-refractivity contribution in [3.05, 3.63) is 84.2 Å². The predicted molar refractivity (Wildman–Crippen MR) is 108 cm³/mol. The Balaban J connectivity index is 1.70. The molecular formula is C22H23N3O2. The van der Waals surface area contributed by atoms with Crippen LogP contribution in [0, 0.1) is 0 Å². The molecule has 1 heterocycles. The maximum absolute atomic E-state index is 12.6. The van der Waals surface area contributed by atoms with Crippen LogP contribution in [0.3, 0.4) is 0 Å². The summed E-state index contributed by atoms with van der Waals surface area (Å²) in [4.78, 5) is 12.6. The number of nitrogens with one attached hydrogen (secondary N) is 1. The first-order valence-electron chi connectivity index (χ1n) is 9.07. The molecular weight excluding hydrogens is 338 g/mol. The van der Waals surface area contributed by atoms with Crippen molar-refractivity contribution in [3.63, 3.8) is 0 Å². The number of carbonyl (C=O) groups is 1. The zero-order valence-corrected chi connectivity index (χ0v) is 15.3. The minimum absolute atomic E-state index is 0.264. The lowest BCUT2D eigenvalue weighted by Crippen LogP contribution is -2.19. The lowest BCUT2D eigenvalue weighted by molar-refractivity contribution is 0.0955. The zero-order valence-electron chi connectivity index (χ0n) is 15.3. The third-order valence-electron chi connectivity index (χ3n) is 4.08. The highest BCUT2D eigenvalue weighted by atomic mass is 16.5. The molecule has 0 atom stereocenters. The Bertz CT molecular complexity index is 901. The van der Waals surface area contributed by atoms with Crippen molar-refractivity contribution in [1.82, 2.24) is 9.99 Å². The number of rotatable bonds is 8. The van der Waals surface area contributed by atoms with Crippen molar-refractivity contribution in [1.29, 1.82) is 0 Å². The van der Waals surface area contributed by atoms with Crippen LogP contribution in [-0.4, -0.2) is 23.3 Å². The molecule has 1 N–H and O–H groups in total. The van der Waals surface area contributed by atoms with Gasteiger partial charge < -0.3 is 9.30 Å². The maximum atomic E-state index is 12.6. The van der Waals surface area contributed by atoms with Crippen molar-refractivity contribution in [2.45, 2.75) is 19.8 Å². The first kappa shape index (κ1) is 18.5. The Hall–Kier alpha value is -3.34. The highest BCUT2D eigenvalue weighted by Crippen LogP contribution is 2.17. The molecule has 0 saturated heterocycles. The largest absolute Gasteiger partial charge is 0.493 e. The van der Waals surface area contributed by atoms with Gasteiger partial charge in [0.25, 0.3) is 5.91 Å². The molecule has 0 bridgehead atoms. The highest BCUT2D eigenvalue weighted by Gasteiger charge is 2.11. The van der Waals surface area contributed by atoms with E-state index >= 15 is 0 Å². The normalized spacial score (nSPS) is 10.9. The number of benzene rings is 2. The smallest absolute Gasteiger partial charge is 0.273 e. The summed E-state index contributed by atoms with van der Waals surface area (Å²) in [5, 5.41) is 4.12. The zero-order chi connectivity index (χ0) is 18.9. The average molecular weight is 361 g/mol. The fourth-order valence-electron chi connectivity index (χ4n) is 2.65. The molecule has 3 aromatic rings. The second-order valence-corrected chi connectivity index (χ2v) is 6.05. The van der Waals surface area contributed by atoms with Crippen LogP contribution in [0.2, 0.25) is 0 Å². The molecule has 0 unspecified atom stereocenters. The third kappa shape index (κ3) is 4.85. The quantitative estimate of drug-likeness (QED) is 0.367. The predicted octanol–water partition coefficient (Wildman–Crippen LogP) is 4.42. The van der Waals surface area contributed by atoms with Crippen LogP contribution in [0.15, 0.2) is 78.2 Å². The van der Waals surface area contributed by atoms with Gasteiger partial charge in [-0.15, -0.1) is 0 Å². The van der Waals surface area contributed by atoms with Crippen LogP contribution in [0.25, 0.3) is 5.69 Å². The summed E-state index contributed by atoms with van der Waals surface area (Å²) in [6, 6.07) is 18.9. The van der Waals surface area contributed by atoms with Crippen LogP contribution >= 0.6 is 0 Å². The first-order chi connectivity index (χ1) is 13.3.